The molecule has 0 aliphatic heterocycles. The molecule has 0 aliphatic rings. The van der Waals surface area contributed by atoms with Gasteiger partial charge >= 0.3 is 0 Å². The second kappa shape index (κ2) is 7.57. The maximum absolute atomic E-state index is 12.0. The monoisotopic (exact) mass is 351 g/mol. The van der Waals surface area contributed by atoms with Gasteiger partial charge in [-0.15, -0.1) is 0 Å². The summed E-state index contributed by atoms with van der Waals surface area (Å²) in [6, 6.07) is 17.9. The minimum absolute atomic E-state index is 0.374. The Kier molecular flexibility index (Phi) is 5.24. The summed E-state index contributed by atoms with van der Waals surface area (Å²) in [5.74, 6) is 0.115. The second-order valence-electron chi connectivity index (χ2n) is 6.14. The van der Waals surface area contributed by atoms with E-state index in [1.165, 1.54) is 17.3 Å². The molecule has 0 bridgehead atoms. The average molecular weight is 351 g/mol. The van der Waals surface area contributed by atoms with Crippen molar-refractivity contribution in [2.24, 2.45) is 5.73 Å². The molecule has 1 aromatic heterocycles. The molecule has 0 radical (unpaired) electrons. The first-order valence-electron chi connectivity index (χ1n) is 8.21. The molecule has 1 unspecified atom stereocenters. The Morgan fingerprint density at radius 1 is 1.04 bits per heavy atom. The number of carbonyl (C=O) groups is 1. The summed E-state index contributed by atoms with van der Waals surface area (Å²) < 4.78 is 1.98. The lowest BCUT2D eigenvalue weighted by Crippen LogP contribution is -2.19. The van der Waals surface area contributed by atoms with Crippen molar-refractivity contribution in [3.63, 3.8) is 0 Å². The summed E-state index contributed by atoms with van der Waals surface area (Å²) in [5.41, 5.74) is 8.81. The average Bonchev–Trinajstić information content (AvgIpc) is 3.08. The van der Waals surface area contributed by atoms with Crippen molar-refractivity contribution in [1.29, 1.82) is 0 Å². The van der Waals surface area contributed by atoms with Crippen molar-refractivity contribution in [2.45, 2.75) is 30.2 Å². The van der Waals surface area contributed by atoms with Crippen LogP contribution in [0.1, 0.15) is 36.1 Å². The van der Waals surface area contributed by atoms with Crippen LogP contribution in [0.5, 0.6) is 0 Å². The predicted molar refractivity (Wildman–Crippen MR) is 102 cm³/mol. The van der Waals surface area contributed by atoms with E-state index in [4.69, 9.17) is 5.73 Å². The van der Waals surface area contributed by atoms with Crippen molar-refractivity contribution >= 4 is 17.7 Å². The maximum Gasteiger partial charge on any atom is 0.235 e. The Balaban J connectivity index is 1.89. The molecule has 3 rings (SSSR count). The van der Waals surface area contributed by atoms with E-state index >= 15 is 0 Å². The van der Waals surface area contributed by atoms with Gasteiger partial charge in [-0.05, 0) is 29.2 Å². The minimum atomic E-state index is -0.475. The molecule has 4 nitrogen and oxygen atoms in total. The van der Waals surface area contributed by atoms with Crippen molar-refractivity contribution in [3.8, 4) is 5.69 Å². The number of rotatable bonds is 6. The van der Waals surface area contributed by atoms with Crippen molar-refractivity contribution in [1.82, 2.24) is 9.55 Å². The van der Waals surface area contributed by atoms with Gasteiger partial charge in [0.2, 0.25) is 5.91 Å². The highest BCUT2D eigenvalue weighted by Crippen LogP contribution is 2.35. The van der Waals surface area contributed by atoms with Gasteiger partial charge in [-0.3, -0.25) is 9.36 Å². The van der Waals surface area contributed by atoms with Crippen LogP contribution < -0.4 is 5.73 Å². The molecule has 2 aromatic carbocycles. The lowest BCUT2D eigenvalue weighted by Gasteiger charge is -2.15. The topological polar surface area (TPSA) is 60.9 Å². The van der Waals surface area contributed by atoms with E-state index in [9.17, 15) is 4.79 Å². The molecule has 5 heteroatoms. The molecule has 1 heterocycles. The third-order valence-electron chi connectivity index (χ3n) is 4.03. The van der Waals surface area contributed by atoms with Gasteiger partial charge in [0.1, 0.15) is 5.25 Å². The third-order valence-corrected chi connectivity index (χ3v) is 5.28. The van der Waals surface area contributed by atoms with Gasteiger partial charge in [0.05, 0.1) is 0 Å². The minimum Gasteiger partial charge on any atom is -0.368 e. The van der Waals surface area contributed by atoms with Gasteiger partial charge in [-0.2, -0.15) is 0 Å². The number of aromatic nitrogens is 2. The van der Waals surface area contributed by atoms with Crippen LogP contribution in [0.3, 0.4) is 0 Å². The van der Waals surface area contributed by atoms with Crippen LogP contribution in [-0.2, 0) is 4.79 Å². The molecule has 3 aromatic rings. The highest BCUT2D eigenvalue weighted by molar-refractivity contribution is 8.00. The number of thioether (sulfide) groups is 1. The Hall–Kier alpha value is -2.53. The number of carbonyl (C=O) groups excluding carboxylic acids is 1. The highest BCUT2D eigenvalue weighted by Gasteiger charge is 2.22. The number of primary amides is 1. The van der Waals surface area contributed by atoms with Crippen molar-refractivity contribution in [2.75, 3.05) is 0 Å². The fourth-order valence-corrected chi connectivity index (χ4v) is 3.64. The van der Waals surface area contributed by atoms with Gasteiger partial charge in [-0.1, -0.05) is 68.1 Å². The van der Waals surface area contributed by atoms with E-state index in [0.29, 0.717) is 5.92 Å². The van der Waals surface area contributed by atoms with Crippen molar-refractivity contribution < 1.29 is 4.79 Å². The molecule has 1 atom stereocenters. The summed E-state index contributed by atoms with van der Waals surface area (Å²) in [5, 5.41) is 0.266. The van der Waals surface area contributed by atoms with Gasteiger partial charge in [0.15, 0.2) is 5.16 Å². The third kappa shape index (κ3) is 3.94. The summed E-state index contributed by atoms with van der Waals surface area (Å²) in [6.45, 7) is 4.34. The molecule has 128 valence electrons. The van der Waals surface area contributed by atoms with Crippen LogP contribution in [0, 0.1) is 0 Å². The summed E-state index contributed by atoms with van der Waals surface area (Å²) in [6.07, 6.45) is 3.64. The first kappa shape index (κ1) is 17.3. The summed E-state index contributed by atoms with van der Waals surface area (Å²) in [4.78, 5) is 16.4. The largest absolute Gasteiger partial charge is 0.368 e. The number of nitrogens with zero attached hydrogens (tertiary/aromatic N) is 2. The van der Waals surface area contributed by atoms with Gasteiger partial charge in [0.25, 0.3) is 0 Å². The van der Waals surface area contributed by atoms with Crippen LogP contribution in [0.4, 0.5) is 0 Å². The molecule has 0 aliphatic carbocycles. The Labute approximate surface area is 152 Å². The van der Waals surface area contributed by atoms with E-state index in [-0.39, 0.29) is 5.91 Å². The molecule has 25 heavy (non-hydrogen) atoms. The number of hydrogen-bond acceptors (Lipinski definition) is 3. The summed E-state index contributed by atoms with van der Waals surface area (Å²) >= 11 is 1.37. The van der Waals surface area contributed by atoms with Crippen LogP contribution in [-0.4, -0.2) is 15.5 Å². The number of benzene rings is 2. The fourth-order valence-electron chi connectivity index (χ4n) is 2.62. The van der Waals surface area contributed by atoms with E-state index in [1.807, 2.05) is 41.1 Å². The zero-order valence-electron chi connectivity index (χ0n) is 14.3. The number of nitrogens with two attached hydrogens (primary N) is 1. The predicted octanol–water partition coefficient (Wildman–Crippen LogP) is 4.31. The SMILES string of the molecule is CC(C)c1ccc(-n2ccnc2SC(C(N)=O)c2ccccc2)cc1. The van der Waals surface area contributed by atoms with E-state index in [2.05, 4.69) is 43.1 Å². The van der Waals surface area contributed by atoms with Crippen LogP contribution in [0.15, 0.2) is 72.1 Å². The normalized spacial score (nSPS) is 12.3. The number of hydrogen-bond donors (Lipinski definition) is 1. The molecule has 0 saturated carbocycles. The van der Waals surface area contributed by atoms with Crippen molar-refractivity contribution in [3.05, 3.63) is 78.1 Å². The maximum atomic E-state index is 12.0. The molecular formula is C20H21N3OS. The standard InChI is InChI=1S/C20H21N3OS/c1-14(2)15-8-10-17(11-9-15)23-13-12-22-20(23)25-18(19(21)24)16-6-4-3-5-7-16/h3-14,18H,1-2H3,(H2,21,24). The number of amides is 1. The second-order valence-corrected chi connectivity index (χ2v) is 7.21. The first-order chi connectivity index (χ1) is 12.1. The lowest BCUT2D eigenvalue weighted by atomic mass is 10.0. The summed E-state index contributed by atoms with van der Waals surface area (Å²) in [7, 11) is 0. The van der Waals surface area contributed by atoms with Crippen LogP contribution in [0.25, 0.3) is 5.69 Å². The molecule has 1 amide bonds. The zero-order valence-corrected chi connectivity index (χ0v) is 15.1. The van der Waals surface area contributed by atoms with E-state index in [0.717, 1.165) is 16.4 Å². The Morgan fingerprint density at radius 2 is 1.72 bits per heavy atom. The molecule has 0 spiro atoms. The van der Waals surface area contributed by atoms with Gasteiger partial charge in [-0.25, -0.2) is 4.98 Å². The Morgan fingerprint density at radius 3 is 2.32 bits per heavy atom. The van der Waals surface area contributed by atoms with E-state index in [1.54, 1.807) is 6.20 Å². The van der Waals surface area contributed by atoms with Gasteiger partial charge in [0, 0.05) is 18.1 Å². The lowest BCUT2D eigenvalue weighted by molar-refractivity contribution is -0.117. The molecule has 0 fully saturated rings. The quantitative estimate of drug-likeness (QED) is 0.673. The first-order valence-corrected chi connectivity index (χ1v) is 9.09. The zero-order chi connectivity index (χ0) is 17.8. The van der Waals surface area contributed by atoms with Gasteiger partial charge < -0.3 is 5.73 Å². The van der Waals surface area contributed by atoms with Crippen LogP contribution in [0.2, 0.25) is 0 Å². The van der Waals surface area contributed by atoms with Crippen LogP contribution >= 0.6 is 11.8 Å². The smallest absolute Gasteiger partial charge is 0.235 e. The Bertz CT molecular complexity index is 841. The highest BCUT2D eigenvalue weighted by atomic mass is 32.2. The van der Waals surface area contributed by atoms with E-state index < -0.39 is 5.25 Å². The molecule has 0 saturated heterocycles. The number of imidazole rings is 1. The molecular weight excluding hydrogens is 330 g/mol. The fraction of sp³-hybridized carbons (Fsp3) is 0.200. The molecule has 2 N–H and O–H groups in total.